The van der Waals surface area contributed by atoms with Crippen molar-refractivity contribution in [3.8, 4) is 11.3 Å². The Kier molecular flexibility index (Phi) is 5.96. The van der Waals surface area contributed by atoms with Crippen LogP contribution in [0.5, 0.6) is 0 Å². The number of thiazole rings is 1. The first kappa shape index (κ1) is 22.6. The van der Waals surface area contributed by atoms with Gasteiger partial charge in [0.15, 0.2) is 5.13 Å². The summed E-state index contributed by atoms with van der Waals surface area (Å²) >= 11 is 1.31. The zero-order valence-corrected chi connectivity index (χ0v) is 19.9. The Balaban J connectivity index is 1.59. The molecule has 174 valence electrons. The molecule has 0 spiro atoms. The van der Waals surface area contributed by atoms with Gasteiger partial charge in [0.05, 0.1) is 28.6 Å². The molecule has 5 aromatic rings. The van der Waals surface area contributed by atoms with Crippen molar-refractivity contribution in [2.45, 2.75) is 20.4 Å². The van der Waals surface area contributed by atoms with E-state index in [9.17, 15) is 14.0 Å². The van der Waals surface area contributed by atoms with Crippen molar-refractivity contribution in [1.82, 2.24) is 14.5 Å². The Morgan fingerprint density at radius 2 is 1.74 bits per heavy atom. The lowest BCUT2D eigenvalue weighted by molar-refractivity contribution is -0.118. The molecule has 0 atom stereocenters. The first-order valence-corrected chi connectivity index (χ1v) is 11.8. The summed E-state index contributed by atoms with van der Waals surface area (Å²) in [7, 11) is 0. The maximum absolute atomic E-state index is 13.8. The molecule has 0 bridgehead atoms. The molecule has 0 fully saturated rings. The van der Waals surface area contributed by atoms with Crippen molar-refractivity contribution in [2.75, 3.05) is 4.90 Å². The lowest BCUT2D eigenvalue weighted by Gasteiger charge is -2.22. The van der Waals surface area contributed by atoms with Gasteiger partial charge >= 0.3 is 0 Å². The van der Waals surface area contributed by atoms with Gasteiger partial charge in [-0.05, 0) is 73.5 Å². The maximum Gasteiger partial charge on any atom is 0.269 e. The highest BCUT2D eigenvalue weighted by Crippen LogP contribution is 2.33. The van der Waals surface area contributed by atoms with Crippen LogP contribution in [-0.2, 0) is 11.3 Å². The summed E-state index contributed by atoms with van der Waals surface area (Å²) in [6.07, 6.45) is 1.23. The number of aryl methyl sites for hydroxylation is 2. The van der Waals surface area contributed by atoms with Crippen LogP contribution in [0.4, 0.5) is 15.2 Å². The van der Waals surface area contributed by atoms with Crippen LogP contribution in [0.25, 0.3) is 22.3 Å². The third kappa shape index (κ3) is 4.61. The molecule has 6 nitrogen and oxygen atoms in total. The van der Waals surface area contributed by atoms with E-state index in [-0.39, 0.29) is 23.8 Å². The van der Waals surface area contributed by atoms with Gasteiger partial charge in [0.2, 0.25) is 0 Å². The van der Waals surface area contributed by atoms with E-state index < -0.39 is 0 Å². The minimum Gasteiger partial charge on any atom is -0.296 e. The average molecular weight is 485 g/mol. The molecule has 0 N–H and O–H groups in total. The molecular formula is C27H21FN4O2S. The van der Waals surface area contributed by atoms with Gasteiger partial charge in [-0.25, -0.2) is 14.4 Å². The van der Waals surface area contributed by atoms with Gasteiger partial charge in [-0.15, -0.1) is 11.3 Å². The first-order valence-electron chi connectivity index (χ1n) is 11.0. The number of anilines is 2. The Hall–Kier alpha value is -4.17. The fraction of sp³-hybridized carbons (Fsp3) is 0.111. The Morgan fingerprint density at radius 1 is 1.03 bits per heavy atom. The highest BCUT2D eigenvalue weighted by molar-refractivity contribution is 7.14. The third-order valence-corrected chi connectivity index (χ3v) is 6.41. The van der Waals surface area contributed by atoms with E-state index >= 15 is 0 Å². The van der Waals surface area contributed by atoms with Gasteiger partial charge in [0.1, 0.15) is 12.4 Å². The molecule has 0 radical (unpaired) electrons. The largest absolute Gasteiger partial charge is 0.296 e. The smallest absolute Gasteiger partial charge is 0.269 e. The number of benzene rings is 3. The minimum absolute atomic E-state index is 0.180. The van der Waals surface area contributed by atoms with E-state index in [1.807, 2.05) is 49.6 Å². The van der Waals surface area contributed by atoms with Gasteiger partial charge in [-0.2, -0.15) is 0 Å². The number of hydrogen-bond acceptors (Lipinski definition) is 5. The Bertz CT molecular complexity index is 1590. The van der Waals surface area contributed by atoms with Gasteiger partial charge in [0, 0.05) is 10.9 Å². The van der Waals surface area contributed by atoms with Crippen molar-refractivity contribution in [3.05, 3.63) is 106 Å². The molecular weight excluding hydrogens is 463 g/mol. The molecule has 3 aromatic carbocycles. The predicted molar refractivity (Wildman–Crippen MR) is 137 cm³/mol. The van der Waals surface area contributed by atoms with E-state index in [2.05, 4.69) is 4.98 Å². The average Bonchev–Trinajstić information content (AvgIpc) is 3.30. The number of carbonyl (C=O) groups excluding carboxylic acids is 1. The zero-order chi connectivity index (χ0) is 24.5. The van der Waals surface area contributed by atoms with Crippen LogP contribution < -0.4 is 10.5 Å². The number of hydrogen-bond donors (Lipinski definition) is 0. The topological polar surface area (TPSA) is 68.1 Å². The second-order valence-corrected chi connectivity index (χ2v) is 9.11. The van der Waals surface area contributed by atoms with Gasteiger partial charge in [0.25, 0.3) is 11.5 Å². The van der Waals surface area contributed by atoms with Crippen molar-refractivity contribution < 1.29 is 9.18 Å². The Morgan fingerprint density at radius 3 is 2.49 bits per heavy atom. The second kappa shape index (κ2) is 9.23. The molecule has 0 aliphatic carbocycles. The molecule has 0 saturated heterocycles. The quantitative estimate of drug-likeness (QED) is 0.324. The minimum atomic E-state index is -0.358. The molecule has 0 aliphatic rings. The van der Waals surface area contributed by atoms with Crippen molar-refractivity contribution >= 4 is 39.1 Å². The van der Waals surface area contributed by atoms with E-state index in [1.165, 1.54) is 34.2 Å². The number of fused-ring (bicyclic) bond motifs is 1. The monoisotopic (exact) mass is 484 g/mol. The van der Waals surface area contributed by atoms with Crippen molar-refractivity contribution in [3.63, 3.8) is 0 Å². The van der Waals surface area contributed by atoms with Crippen LogP contribution in [0.2, 0.25) is 0 Å². The van der Waals surface area contributed by atoms with Crippen LogP contribution in [0, 0.1) is 19.7 Å². The normalized spacial score (nSPS) is 11.1. The molecule has 2 aromatic heterocycles. The molecule has 0 saturated carbocycles. The van der Waals surface area contributed by atoms with Gasteiger partial charge < -0.3 is 0 Å². The fourth-order valence-electron chi connectivity index (χ4n) is 4.04. The van der Waals surface area contributed by atoms with Crippen molar-refractivity contribution in [2.24, 2.45) is 0 Å². The van der Waals surface area contributed by atoms with Crippen LogP contribution >= 0.6 is 11.3 Å². The van der Waals surface area contributed by atoms with Crippen molar-refractivity contribution in [1.29, 1.82) is 0 Å². The number of nitrogens with zero attached hydrogens (tertiary/aromatic N) is 4. The highest BCUT2D eigenvalue weighted by atomic mass is 32.1. The van der Waals surface area contributed by atoms with E-state index in [0.717, 1.165) is 16.7 Å². The molecule has 0 aliphatic heterocycles. The second-order valence-electron chi connectivity index (χ2n) is 8.27. The maximum atomic E-state index is 13.8. The first-order chi connectivity index (χ1) is 16.9. The number of para-hydroxylation sites is 2. The Labute approximate surface area is 205 Å². The fourth-order valence-corrected chi connectivity index (χ4v) is 4.91. The van der Waals surface area contributed by atoms with Crippen LogP contribution in [0.1, 0.15) is 11.1 Å². The number of amides is 1. The van der Waals surface area contributed by atoms with Crippen LogP contribution in [-0.4, -0.2) is 20.4 Å². The van der Waals surface area contributed by atoms with E-state index in [4.69, 9.17) is 4.98 Å². The highest BCUT2D eigenvalue weighted by Gasteiger charge is 2.23. The summed E-state index contributed by atoms with van der Waals surface area (Å²) in [5.74, 6) is -0.639. The summed E-state index contributed by atoms with van der Waals surface area (Å²) in [5.41, 5.74) is 4.91. The summed E-state index contributed by atoms with van der Waals surface area (Å²) in [5, 5.41) is 2.30. The third-order valence-electron chi connectivity index (χ3n) is 5.58. The summed E-state index contributed by atoms with van der Waals surface area (Å²) < 4.78 is 14.8. The molecule has 2 heterocycles. The molecule has 0 unspecified atom stereocenters. The number of halogens is 1. The molecule has 8 heteroatoms. The molecule has 1 amide bonds. The standard InChI is InChI=1S/C27H21FN4O2S/c1-17-11-18(2)13-21(12-17)32(27-30-23(16-35-27)19-7-9-20(28)10-8-19)26(34)15-31-24-6-4-3-5-22(24)29-14-25(31)33/h3-14,16H,15H2,1-2H3. The van der Waals surface area contributed by atoms with Crippen LogP contribution in [0.3, 0.4) is 0 Å². The van der Waals surface area contributed by atoms with E-state index in [0.29, 0.717) is 27.5 Å². The summed E-state index contributed by atoms with van der Waals surface area (Å²) in [6, 6.07) is 19.1. The molecule has 35 heavy (non-hydrogen) atoms. The SMILES string of the molecule is Cc1cc(C)cc(N(C(=O)Cn2c(=O)cnc3ccccc32)c2nc(-c3ccc(F)cc3)cs2)c1. The predicted octanol–water partition coefficient (Wildman–Crippen LogP) is 5.64. The lowest BCUT2D eigenvalue weighted by Crippen LogP contribution is -2.34. The van der Waals surface area contributed by atoms with Crippen LogP contribution in [0.15, 0.2) is 83.1 Å². The van der Waals surface area contributed by atoms with Gasteiger partial charge in [-0.1, -0.05) is 18.2 Å². The number of rotatable bonds is 5. The number of aromatic nitrogens is 3. The van der Waals surface area contributed by atoms with Gasteiger partial charge in [-0.3, -0.25) is 19.1 Å². The summed E-state index contributed by atoms with van der Waals surface area (Å²) in [4.78, 5) is 36.9. The van der Waals surface area contributed by atoms with E-state index in [1.54, 1.807) is 29.2 Å². The lowest BCUT2D eigenvalue weighted by atomic mass is 10.1. The molecule has 5 rings (SSSR count). The zero-order valence-electron chi connectivity index (χ0n) is 19.1. The number of carbonyl (C=O) groups is 1. The summed E-state index contributed by atoms with van der Waals surface area (Å²) in [6.45, 7) is 3.75.